The van der Waals surface area contributed by atoms with Gasteiger partial charge in [0.15, 0.2) is 12.0 Å². The number of phenolic OH excluding ortho intramolecular Hbond substituents is 2. The quantitative estimate of drug-likeness (QED) is 0.291. The molecule has 4 aromatic rings. The Morgan fingerprint density at radius 2 is 1.77 bits per heavy atom. The molecule has 9 heteroatoms. The zero-order chi connectivity index (χ0) is 24.7. The first-order valence-corrected chi connectivity index (χ1v) is 10.6. The molecule has 1 unspecified atom stereocenters. The number of benzene rings is 3. The summed E-state index contributed by atoms with van der Waals surface area (Å²) in [6.07, 6.45) is -0.131. The van der Waals surface area contributed by atoms with Crippen molar-refractivity contribution in [2.24, 2.45) is 0 Å². The van der Waals surface area contributed by atoms with E-state index < -0.39 is 35.6 Å². The maximum Gasteiger partial charge on any atom is 0.341 e. The predicted molar refractivity (Wildman–Crippen MR) is 123 cm³/mol. The number of hydrogen-bond acceptors (Lipinski definition) is 8. The fourth-order valence-electron chi connectivity index (χ4n) is 4.23. The predicted octanol–water partition coefficient (Wildman–Crippen LogP) is 3.78. The number of carbonyl (C=O) groups excluding carboxylic acids is 1. The Balaban J connectivity index is 1.76. The van der Waals surface area contributed by atoms with E-state index in [4.69, 9.17) is 19.0 Å². The van der Waals surface area contributed by atoms with Crippen LogP contribution in [0.4, 0.5) is 0 Å². The largest absolute Gasteiger partial charge is 0.508 e. The molecule has 5 rings (SSSR count). The van der Waals surface area contributed by atoms with Crippen LogP contribution in [0.25, 0.3) is 22.3 Å². The van der Waals surface area contributed by atoms with Crippen LogP contribution in [-0.2, 0) is 9.59 Å². The Morgan fingerprint density at radius 1 is 1.03 bits per heavy atom. The van der Waals surface area contributed by atoms with Crippen molar-refractivity contribution < 1.29 is 38.8 Å². The van der Waals surface area contributed by atoms with Gasteiger partial charge in [-0.1, -0.05) is 18.2 Å². The van der Waals surface area contributed by atoms with E-state index in [2.05, 4.69) is 0 Å². The van der Waals surface area contributed by atoms with Crippen molar-refractivity contribution in [1.82, 2.24) is 0 Å². The lowest BCUT2D eigenvalue weighted by atomic mass is 9.84. The van der Waals surface area contributed by atoms with Crippen LogP contribution in [0, 0.1) is 0 Å². The summed E-state index contributed by atoms with van der Waals surface area (Å²) in [6, 6.07) is 15.1. The van der Waals surface area contributed by atoms with E-state index in [1.165, 1.54) is 24.3 Å². The lowest BCUT2D eigenvalue weighted by molar-refractivity contribution is -0.139. The van der Waals surface area contributed by atoms with Crippen LogP contribution in [0.15, 0.2) is 69.9 Å². The first-order valence-electron chi connectivity index (χ1n) is 10.6. The maximum absolute atomic E-state index is 13.0. The molecule has 2 heterocycles. The van der Waals surface area contributed by atoms with Gasteiger partial charge in [-0.25, -0.2) is 4.79 Å². The zero-order valence-electron chi connectivity index (χ0n) is 18.1. The first-order chi connectivity index (χ1) is 16.8. The van der Waals surface area contributed by atoms with Crippen LogP contribution < -0.4 is 14.9 Å². The van der Waals surface area contributed by atoms with E-state index >= 15 is 0 Å². The Bertz CT molecular complexity index is 1530. The third-order valence-corrected chi connectivity index (χ3v) is 5.72. The number of carboxylic acid groups (broad SMARTS) is 1. The number of para-hydroxylation sites is 1. The van der Waals surface area contributed by atoms with Gasteiger partial charge in [-0.15, -0.1) is 0 Å². The molecule has 1 aliphatic heterocycles. The smallest absolute Gasteiger partial charge is 0.341 e. The molecule has 0 fully saturated rings. The van der Waals surface area contributed by atoms with Crippen molar-refractivity contribution in [3.05, 3.63) is 82.0 Å². The van der Waals surface area contributed by atoms with Gasteiger partial charge in [-0.2, -0.15) is 0 Å². The van der Waals surface area contributed by atoms with Crippen molar-refractivity contribution in [3.63, 3.8) is 0 Å². The number of carbonyl (C=O) groups is 2. The molecule has 9 nitrogen and oxygen atoms in total. The van der Waals surface area contributed by atoms with E-state index in [0.29, 0.717) is 16.7 Å². The summed E-state index contributed by atoms with van der Waals surface area (Å²) in [5.41, 5.74) is 0.869. The van der Waals surface area contributed by atoms with Gasteiger partial charge in [0.2, 0.25) is 0 Å². The lowest BCUT2D eigenvalue weighted by Gasteiger charge is -2.27. The first kappa shape index (κ1) is 22.0. The summed E-state index contributed by atoms with van der Waals surface area (Å²) in [4.78, 5) is 36.6. The number of hydrogen-bond donors (Lipinski definition) is 3. The number of ether oxygens (including phenoxy) is 2. The Morgan fingerprint density at radius 3 is 2.51 bits per heavy atom. The van der Waals surface area contributed by atoms with Crippen molar-refractivity contribution in [1.29, 1.82) is 0 Å². The summed E-state index contributed by atoms with van der Waals surface area (Å²) in [7, 11) is 0. The van der Waals surface area contributed by atoms with E-state index in [1.54, 1.807) is 36.4 Å². The topological polar surface area (TPSA) is 144 Å². The highest BCUT2D eigenvalue weighted by Crippen LogP contribution is 2.47. The minimum atomic E-state index is -1.16. The summed E-state index contributed by atoms with van der Waals surface area (Å²) in [5, 5.41) is 29.1. The number of carboxylic acids is 1. The highest BCUT2D eigenvalue weighted by Gasteiger charge is 2.35. The molecule has 0 amide bonds. The van der Waals surface area contributed by atoms with E-state index in [9.17, 15) is 24.6 Å². The van der Waals surface area contributed by atoms with Crippen molar-refractivity contribution in [2.75, 3.05) is 6.61 Å². The molecule has 176 valence electrons. The highest BCUT2D eigenvalue weighted by molar-refractivity contribution is 5.93. The number of fused-ring (bicyclic) bond motifs is 3. The summed E-state index contributed by atoms with van der Waals surface area (Å²) in [5.74, 6) is -2.37. The van der Waals surface area contributed by atoms with Crippen LogP contribution in [0.1, 0.15) is 23.5 Å². The van der Waals surface area contributed by atoms with Crippen molar-refractivity contribution in [2.45, 2.75) is 12.3 Å². The van der Waals surface area contributed by atoms with E-state index in [-0.39, 0.29) is 40.4 Å². The molecule has 3 aromatic carbocycles. The van der Waals surface area contributed by atoms with Gasteiger partial charge < -0.3 is 29.2 Å². The number of rotatable bonds is 5. The van der Waals surface area contributed by atoms with Crippen LogP contribution in [-0.4, -0.2) is 33.9 Å². The van der Waals surface area contributed by atoms with Gasteiger partial charge in [-0.3, -0.25) is 9.59 Å². The Hall–Kier alpha value is -4.79. The Kier molecular flexibility index (Phi) is 5.37. The fraction of sp³-hybridized carbons (Fsp3) is 0.115. The van der Waals surface area contributed by atoms with Gasteiger partial charge in [0, 0.05) is 34.7 Å². The van der Waals surface area contributed by atoms with Gasteiger partial charge in [0.05, 0.1) is 6.42 Å². The molecule has 0 spiro atoms. The number of esters is 1. The molecule has 1 aromatic heterocycles. The SMILES string of the molecule is O=C(O)COc1ccccc1C1CC(=O)Oc2cc(O)c3c(=O)cc(-c4ccc(O)cc4)oc3c21. The average Bonchev–Trinajstić information content (AvgIpc) is 2.82. The maximum atomic E-state index is 13.0. The second-order valence-electron chi connectivity index (χ2n) is 7.98. The van der Waals surface area contributed by atoms with Crippen LogP contribution >= 0.6 is 0 Å². The number of aromatic hydroxyl groups is 2. The third-order valence-electron chi connectivity index (χ3n) is 5.72. The highest BCUT2D eigenvalue weighted by atomic mass is 16.5. The third kappa shape index (κ3) is 4.04. The minimum Gasteiger partial charge on any atom is -0.508 e. The molecule has 35 heavy (non-hydrogen) atoms. The molecule has 0 bridgehead atoms. The fourth-order valence-corrected chi connectivity index (χ4v) is 4.23. The molecule has 0 saturated carbocycles. The van der Waals surface area contributed by atoms with Gasteiger partial charge in [0.1, 0.15) is 39.7 Å². The van der Waals surface area contributed by atoms with E-state index in [1.807, 2.05) is 0 Å². The van der Waals surface area contributed by atoms with Crippen molar-refractivity contribution in [3.8, 4) is 34.3 Å². The molecular formula is C26H18O9. The summed E-state index contributed by atoms with van der Waals surface area (Å²) in [6.45, 7) is -0.586. The molecule has 0 aliphatic carbocycles. The van der Waals surface area contributed by atoms with Crippen LogP contribution in [0.3, 0.4) is 0 Å². The minimum absolute atomic E-state index is 0.0234. The number of aliphatic carboxylic acids is 1. The lowest BCUT2D eigenvalue weighted by Crippen LogP contribution is -2.22. The monoisotopic (exact) mass is 474 g/mol. The molecule has 1 atom stereocenters. The molecule has 3 N–H and O–H groups in total. The summed E-state index contributed by atoms with van der Waals surface area (Å²) < 4.78 is 16.9. The molecule has 0 radical (unpaired) electrons. The summed E-state index contributed by atoms with van der Waals surface area (Å²) >= 11 is 0. The van der Waals surface area contributed by atoms with Gasteiger partial charge in [-0.05, 0) is 30.3 Å². The van der Waals surface area contributed by atoms with Gasteiger partial charge in [0.25, 0.3) is 0 Å². The van der Waals surface area contributed by atoms with Gasteiger partial charge >= 0.3 is 11.9 Å². The second-order valence-corrected chi connectivity index (χ2v) is 7.98. The number of phenols is 2. The normalized spacial score (nSPS) is 14.9. The second kappa shape index (κ2) is 8.53. The van der Waals surface area contributed by atoms with Crippen molar-refractivity contribution >= 4 is 22.9 Å². The standard InChI is InChI=1S/C26H18O9/c27-14-7-5-13(6-8-14)20-10-17(28)25-18(29)11-21-24(26(25)35-20)16(9-23(32)34-21)15-3-1-2-4-19(15)33-12-22(30)31/h1-8,10-11,16,27,29H,9,12H2,(H,30,31). The zero-order valence-corrected chi connectivity index (χ0v) is 18.1. The average molecular weight is 474 g/mol. The van der Waals surface area contributed by atoms with E-state index in [0.717, 1.165) is 0 Å². The van der Waals surface area contributed by atoms with Crippen LogP contribution in [0.2, 0.25) is 0 Å². The molecule has 1 aliphatic rings. The van der Waals surface area contributed by atoms with Crippen LogP contribution in [0.5, 0.6) is 23.0 Å². The Labute approximate surface area is 197 Å². The molecule has 0 saturated heterocycles. The molecular weight excluding hydrogens is 456 g/mol.